The van der Waals surface area contributed by atoms with Crippen LogP contribution in [0.15, 0.2) is 24.3 Å². The molecule has 1 N–H and O–H groups in total. The first kappa shape index (κ1) is 15.3. The third-order valence-corrected chi connectivity index (χ3v) is 5.09. The first-order chi connectivity index (χ1) is 10.6. The fraction of sp³-hybridized carbons (Fsp3) is 0.529. The van der Waals surface area contributed by atoms with Crippen molar-refractivity contribution in [2.24, 2.45) is 0 Å². The normalized spacial score (nSPS) is 24.9. The second-order valence-electron chi connectivity index (χ2n) is 6.28. The van der Waals surface area contributed by atoms with E-state index in [1.54, 1.807) is 12.1 Å². The molecule has 2 bridgehead atoms. The molecule has 3 rings (SSSR count). The zero-order chi connectivity index (χ0) is 15.7. The predicted molar refractivity (Wildman–Crippen MR) is 85.5 cm³/mol. The van der Waals surface area contributed by atoms with E-state index < -0.39 is 5.91 Å². The highest BCUT2D eigenvalue weighted by Crippen LogP contribution is 2.35. The number of halogens is 1. The molecular weight excluding hydrogens is 300 g/mol. The number of benzene rings is 1. The van der Waals surface area contributed by atoms with Crippen LogP contribution >= 0.6 is 11.6 Å². The van der Waals surface area contributed by atoms with Gasteiger partial charge in [-0.3, -0.25) is 9.59 Å². The van der Waals surface area contributed by atoms with Crippen LogP contribution in [-0.4, -0.2) is 28.8 Å². The highest BCUT2D eigenvalue weighted by Gasteiger charge is 2.41. The lowest BCUT2D eigenvalue weighted by molar-refractivity contribution is -0.149. The molecule has 2 aliphatic rings. The van der Waals surface area contributed by atoms with Gasteiger partial charge < -0.3 is 10.2 Å². The van der Waals surface area contributed by atoms with Gasteiger partial charge in [0.15, 0.2) is 0 Å². The Bertz CT molecular complexity index is 557. The molecule has 2 aliphatic heterocycles. The third kappa shape index (κ3) is 2.98. The van der Waals surface area contributed by atoms with E-state index in [9.17, 15) is 9.59 Å². The van der Waals surface area contributed by atoms with Gasteiger partial charge in [0.2, 0.25) is 0 Å². The second kappa shape index (κ2) is 6.29. The third-order valence-electron chi connectivity index (χ3n) is 4.84. The molecule has 2 amide bonds. The van der Waals surface area contributed by atoms with Gasteiger partial charge in [0.1, 0.15) is 0 Å². The molecule has 2 fully saturated rings. The second-order valence-corrected chi connectivity index (χ2v) is 6.71. The monoisotopic (exact) mass is 320 g/mol. The lowest BCUT2D eigenvalue weighted by Gasteiger charge is -2.34. The van der Waals surface area contributed by atoms with E-state index >= 15 is 0 Å². The van der Waals surface area contributed by atoms with Crippen LogP contribution in [-0.2, 0) is 9.59 Å². The molecule has 2 saturated heterocycles. The van der Waals surface area contributed by atoms with Crippen LogP contribution in [0, 0.1) is 0 Å². The number of carbonyl (C=O) groups excluding carboxylic acids is 2. The Morgan fingerprint density at radius 1 is 1.14 bits per heavy atom. The molecule has 0 spiro atoms. The van der Waals surface area contributed by atoms with Crippen molar-refractivity contribution in [3.8, 4) is 0 Å². The molecule has 1 aromatic rings. The van der Waals surface area contributed by atoms with Crippen LogP contribution in [0.2, 0.25) is 5.02 Å². The molecule has 0 aliphatic carbocycles. The van der Waals surface area contributed by atoms with E-state index in [2.05, 4.69) is 5.32 Å². The van der Waals surface area contributed by atoms with Gasteiger partial charge in [-0.15, -0.1) is 0 Å². The van der Waals surface area contributed by atoms with Crippen LogP contribution in [0.25, 0.3) is 0 Å². The van der Waals surface area contributed by atoms with E-state index in [1.807, 2.05) is 24.0 Å². The number of fused-ring (bicyclic) bond motifs is 2. The first-order valence-electron chi connectivity index (χ1n) is 7.95. The number of piperidine rings is 1. The van der Waals surface area contributed by atoms with Crippen molar-refractivity contribution in [2.75, 3.05) is 0 Å². The molecule has 1 aromatic carbocycles. The Kier molecular flexibility index (Phi) is 4.39. The van der Waals surface area contributed by atoms with E-state index in [0.29, 0.717) is 5.02 Å². The van der Waals surface area contributed by atoms with Crippen molar-refractivity contribution in [2.45, 2.75) is 57.2 Å². The van der Waals surface area contributed by atoms with Crippen molar-refractivity contribution >= 4 is 23.4 Å². The molecule has 4 nitrogen and oxygen atoms in total. The molecule has 3 unspecified atom stereocenters. The maximum absolute atomic E-state index is 12.5. The van der Waals surface area contributed by atoms with E-state index in [4.69, 9.17) is 11.6 Å². The lowest BCUT2D eigenvalue weighted by Crippen LogP contribution is -2.50. The van der Waals surface area contributed by atoms with Gasteiger partial charge in [-0.1, -0.05) is 23.7 Å². The summed E-state index contributed by atoms with van der Waals surface area (Å²) >= 11 is 5.86. The standard InChI is InChI=1S/C17H21ClN2O2/c1-11(12-5-7-13(18)8-6-12)19-16(21)17(22)20-14-3-2-4-15(20)10-9-14/h5-8,11,14-15H,2-4,9-10H2,1H3,(H,19,21). The molecule has 2 heterocycles. The van der Waals surface area contributed by atoms with E-state index in [1.165, 1.54) is 6.42 Å². The van der Waals surface area contributed by atoms with Gasteiger partial charge in [0.25, 0.3) is 0 Å². The lowest BCUT2D eigenvalue weighted by atomic mass is 10.0. The van der Waals surface area contributed by atoms with Crippen LogP contribution in [0.1, 0.15) is 50.6 Å². The van der Waals surface area contributed by atoms with Crippen LogP contribution in [0.5, 0.6) is 0 Å². The maximum atomic E-state index is 12.5. The van der Waals surface area contributed by atoms with Crippen molar-refractivity contribution in [3.05, 3.63) is 34.9 Å². The molecular formula is C17H21ClN2O2. The number of nitrogens with zero attached hydrogens (tertiary/aromatic N) is 1. The van der Waals surface area contributed by atoms with Crippen molar-refractivity contribution in [1.29, 1.82) is 0 Å². The zero-order valence-corrected chi connectivity index (χ0v) is 13.5. The Morgan fingerprint density at radius 3 is 2.32 bits per heavy atom. The quantitative estimate of drug-likeness (QED) is 0.851. The minimum Gasteiger partial charge on any atom is -0.341 e. The van der Waals surface area contributed by atoms with Crippen molar-refractivity contribution in [1.82, 2.24) is 10.2 Å². The molecule has 22 heavy (non-hydrogen) atoms. The van der Waals surface area contributed by atoms with Gasteiger partial charge in [0.05, 0.1) is 6.04 Å². The highest BCUT2D eigenvalue weighted by molar-refractivity contribution is 6.35. The average molecular weight is 321 g/mol. The van der Waals surface area contributed by atoms with Crippen LogP contribution in [0.3, 0.4) is 0 Å². The summed E-state index contributed by atoms with van der Waals surface area (Å²) in [5, 5.41) is 3.46. The minimum absolute atomic E-state index is 0.212. The summed E-state index contributed by atoms with van der Waals surface area (Å²) in [6, 6.07) is 7.62. The number of hydrogen-bond acceptors (Lipinski definition) is 2. The minimum atomic E-state index is -0.499. The largest absolute Gasteiger partial charge is 0.341 e. The van der Waals surface area contributed by atoms with Crippen LogP contribution in [0.4, 0.5) is 0 Å². The summed E-state index contributed by atoms with van der Waals surface area (Å²) in [6.07, 6.45) is 5.30. The molecule has 0 saturated carbocycles. The number of nitrogens with one attached hydrogen (secondary N) is 1. The first-order valence-corrected chi connectivity index (χ1v) is 8.32. The molecule has 0 aromatic heterocycles. The molecule has 118 valence electrons. The average Bonchev–Trinajstić information content (AvgIpc) is 2.75. The van der Waals surface area contributed by atoms with Gasteiger partial charge in [0, 0.05) is 17.1 Å². The Morgan fingerprint density at radius 2 is 1.73 bits per heavy atom. The van der Waals surface area contributed by atoms with E-state index in [0.717, 1.165) is 31.2 Å². The van der Waals surface area contributed by atoms with Gasteiger partial charge in [-0.05, 0) is 56.7 Å². The van der Waals surface area contributed by atoms with Gasteiger partial charge in [-0.25, -0.2) is 0 Å². The zero-order valence-electron chi connectivity index (χ0n) is 12.7. The molecule has 3 atom stereocenters. The summed E-state index contributed by atoms with van der Waals surface area (Å²) in [6.45, 7) is 1.87. The fourth-order valence-electron chi connectivity index (χ4n) is 3.66. The topological polar surface area (TPSA) is 49.4 Å². The summed E-state index contributed by atoms with van der Waals surface area (Å²) in [5.41, 5.74) is 0.937. The van der Waals surface area contributed by atoms with Crippen molar-refractivity contribution < 1.29 is 9.59 Å². The van der Waals surface area contributed by atoms with Gasteiger partial charge >= 0.3 is 11.8 Å². The number of rotatable bonds is 2. The van der Waals surface area contributed by atoms with Crippen molar-refractivity contribution in [3.63, 3.8) is 0 Å². The summed E-state index contributed by atoms with van der Waals surface area (Å²) in [7, 11) is 0. The fourth-order valence-corrected chi connectivity index (χ4v) is 3.79. The predicted octanol–water partition coefficient (Wildman–Crippen LogP) is 3.06. The Hall–Kier alpha value is -1.55. The number of carbonyl (C=O) groups is 2. The SMILES string of the molecule is CC(NC(=O)C(=O)N1C2CCCC1CC2)c1ccc(Cl)cc1. The summed E-state index contributed by atoms with van der Waals surface area (Å²) in [5.74, 6) is -0.866. The summed E-state index contributed by atoms with van der Waals surface area (Å²) in [4.78, 5) is 26.6. The highest BCUT2D eigenvalue weighted by atomic mass is 35.5. The molecule has 0 radical (unpaired) electrons. The van der Waals surface area contributed by atoms with E-state index in [-0.39, 0.29) is 24.0 Å². The number of amides is 2. The number of hydrogen-bond donors (Lipinski definition) is 1. The van der Waals surface area contributed by atoms with Crippen LogP contribution < -0.4 is 5.32 Å². The smallest absolute Gasteiger partial charge is 0.312 e. The Labute approximate surface area is 135 Å². The maximum Gasteiger partial charge on any atom is 0.312 e. The summed E-state index contributed by atoms with van der Waals surface area (Å²) < 4.78 is 0. The molecule has 5 heteroatoms. The van der Waals surface area contributed by atoms with Gasteiger partial charge in [-0.2, -0.15) is 0 Å². The Balaban J connectivity index is 1.64.